The summed E-state index contributed by atoms with van der Waals surface area (Å²) in [5, 5.41) is 21.1. The first-order chi connectivity index (χ1) is 8.13. The third-order valence-corrected chi connectivity index (χ3v) is 3.57. The lowest BCUT2D eigenvalue weighted by atomic mass is 10.0. The zero-order chi connectivity index (χ0) is 12.4. The minimum Gasteiger partial charge on any atom is -0.389 e. The molecule has 0 saturated heterocycles. The highest BCUT2D eigenvalue weighted by atomic mass is 79.9. The standard InChI is InChI=1S/C12H11BrClNO2/c13-6-11(16)12(17)7-1-2-10-8(5-7)9(14)3-4-15-10/h1-5,11-12,16-17H,6H2. The molecule has 1 aromatic carbocycles. The number of aromatic nitrogens is 1. The fraction of sp³-hybridized carbons (Fsp3) is 0.250. The SMILES string of the molecule is OC(CBr)C(O)c1ccc2nccc(Cl)c2c1. The summed E-state index contributed by atoms with van der Waals surface area (Å²) in [6, 6.07) is 6.96. The molecule has 0 spiro atoms. The van der Waals surface area contributed by atoms with E-state index in [4.69, 9.17) is 11.6 Å². The van der Waals surface area contributed by atoms with E-state index in [1.54, 1.807) is 30.5 Å². The number of hydrogen-bond acceptors (Lipinski definition) is 3. The molecule has 1 heterocycles. The van der Waals surface area contributed by atoms with Gasteiger partial charge >= 0.3 is 0 Å². The fourth-order valence-corrected chi connectivity index (χ4v) is 2.18. The van der Waals surface area contributed by atoms with Crippen molar-refractivity contribution in [2.75, 3.05) is 5.33 Å². The number of hydrogen-bond donors (Lipinski definition) is 2. The van der Waals surface area contributed by atoms with E-state index in [9.17, 15) is 10.2 Å². The highest BCUT2D eigenvalue weighted by Crippen LogP contribution is 2.26. The van der Waals surface area contributed by atoms with Crippen LogP contribution < -0.4 is 0 Å². The first-order valence-electron chi connectivity index (χ1n) is 5.09. The summed E-state index contributed by atoms with van der Waals surface area (Å²) >= 11 is 9.18. The molecular weight excluding hydrogens is 305 g/mol. The Kier molecular flexibility index (Phi) is 3.99. The summed E-state index contributed by atoms with van der Waals surface area (Å²) in [5.74, 6) is 0. The molecule has 2 unspecified atom stereocenters. The molecule has 2 aromatic rings. The van der Waals surface area contributed by atoms with E-state index in [0.29, 0.717) is 15.9 Å². The van der Waals surface area contributed by atoms with Crippen LogP contribution in [0.2, 0.25) is 5.02 Å². The molecule has 0 radical (unpaired) electrons. The Morgan fingerprint density at radius 3 is 2.76 bits per heavy atom. The van der Waals surface area contributed by atoms with Gasteiger partial charge in [0.25, 0.3) is 0 Å². The van der Waals surface area contributed by atoms with Crippen LogP contribution in [0.25, 0.3) is 10.9 Å². The number of benzene rings is 1. The Morgan fingerprint density at radius 1 is 1.29 bits per heavy atom. The molecule has 1 aromatic heterocycles. The second-order valence-corrected chi connectivity index (χ2v) is 4.79. The molecule has 2 N–H and O–H groups in total. The van der Waals surface area contributed by atoms with Crippen molar-refractivity contribution in [2.45, 2.75) is 12.2 Å². The third-order valence-electron chi connectivity index (χ3n) is 2.58. The molecule has 90 valence electrons. The van der Waals surface area contributed by atoms with Gasteiger partial charge in [0.05, 0.1) is 16.6 Å². The van der Waals surface area contributed by atoms with Gasteiger partial charge in [0.15, 0.2) is 0 Å². The molecule has 0 amide bonds. The largest absolute Gasteiger partial charge is 0.389 e. The Bertz CT molecular complexity index is 535. The minimum atomic E-state index is -0.935. The van der Waals surface area contributed by atoms with E-state index < -0.39 is 12.2 Å². The van der Waals surface area contributed by atoms with Crippen molar-refractivity contribution in [2.24, 2.45) is 0 Å². The summed E-state index contributed by atoms with van der Waals surface area (Å²) in [7, 11) is 0. The van der Waals surface area contributed by atoms with Crippen molar-refractivity contribution in [3.8, 4) is 0 Å². The maximum absolute atomic E-state index is 9.90. The molecule has 0 bridgehead atoms. The normalized spacial score (nSPS) is 14.8. The van der Waals surface area contributed by atoms with Crippen LogP contribution in [0.4, 0.5) is 0 Å². The van der Waals surface area contributed by atoms with Crippen LogP contribution in [0.3, 0.4) is 0 Å². The highest BCUT2D eigenvalue weighted by Gasteiger charge is 2.17. The maximum atomic E-state index is 9.90. The van der Waals surface area contributed by atoms with Crippen molar-refractivity contribution in [1.82, 2.24) is 4.98 Å². The molecule has 0 aliphatic carbocycles. The van der Waals surface area contributed by atoms with Crippen molar-refractivity contribution in [3.05, 3.63) is 41.0 Å². The molecule has 0 fully saturated rings. The molecule has 0 aliphatic heterocycles. The second kappa shape index (κ2) is 5.31. The van der Waals surface area contributed by atoms with Crippen molar-refractivity contribution < 1.29 is 10.2 Å². The lowest BCUT2D eigenvalue weighted by Gasteiger charge is -2.16. The molecule has 5 heteroatoms. The summed E-state index contributed by atoms with van der Waals surface area (Å²) in [6.45, 7) is 0. The number of alkyl halides is 1. The first kappa shape index (κ1) is 12.8. The number of halogens is 2. The van der Waals surface area contributed by atoms with Gasteiger partial charge in [-0.05, 0) is 23.8 Å². The van der Waals surface area contributed by atoms with Crippen LogP contribution in [-0.4, -0.2) is 26.6 Å². The topological polar surface area (TPSA) is 53.4 Å². The van der Waals surface area contributed by atoms with E-state index in [-0.39, 0.29) is 0 Å². The summed E-state index contributed by atoms with van der Waals surface area (Å²) in [5.41, 5.74) is 1.39. The van der Waals surface area contributed by atoms with Crippen LogP contribution in [-0.2, 0) is 0 Å². The first-order valence-corrected chi connectivity index (χ1v) is 6.59. The molecular formula is C12H11BrClNO2. The van der Waals surface area contributed by atoms with Gasteiger partial charge in [-0.3, -0.25) is 4.98 Å². The van der Waals surface area contributed by atoms with Crippen LogP contribution in [0.1, 0.15) is 11.7 Å². The van der Waals surface area contributed by atoms with Gasteiger partial charge in [0.2, 0.25) is 0 Å². The molecule has 3 nitrogen and oxygen atoms in total. The zero-order valence-corrected chi connectivity index (χ0v) is 11.2. The van der Waals surface area contributed by atoms with E-state index in [1.807, 2.05) is 0 Å². The monoisotopic (exact) mass is 315 g/mol. The lowest BCUT2D eigenvalue weighted by Crippen LogP contribution is -2.19. The highest BCUT2D eigenvalue weighted by molar-refractivity contribution is 9.09. The molecule has 2 rings (SSSR count). The zero-order valence-electron chi connectivity index (χ0n) is 8.85. The number of fused-ring (bicyclic) bond motifs is 1. The smallest absolute Gasteiger partial charge is 0.106 e. The molecule has 17 heavy (non-hydrogen) atoms. The van der Waals surface area contributed by atoms with Gasteiger partial charge in [-0.15, -0.1) is 0 Å². The van der Waals surface area contributed by atoms with Crippen molar-refractivity contribution in [3.63, 3.8) is 0 Å². The Hall–Kier alpha value is -0.680. The van der Waals surface area contributed by atoms with Gasteiger partial charge < -0.3 is 10.2 Å². The number of nitrogens with zero attached hydrogens (tertiary/aromatic N) is 1. The van der Waals surface area contributed by atoms with E-state index in [0.717, 1.165) is 10.9 Å². The predicted octanol–water partition coefficient (Wildman–Crippen LogP) is 2.68. The van der Waals surface area contributed by atoms with Gasteiger partial charge in [-0.2, -0.15) is 0 Å². The van der Waals surface area contributed by atoms with Crippen LogP contribution >= 0.6 is 27.5 Å². The quantitative estimate of drug-likeness (QED) is 0.856. The number of aliphatic hydroxyl groups is 2. The van der Waals surface area contributed by atoms with Gasteiger partial charge in [-0.25, -0.2) is 0 Å². The summed E-state index contributed by atoms with van der Waals surface area (Å²) < 4.78 is 0. The van der Waals surface area contributed by atoms with Crippen LogP contribution in [0.15, 0.2) is 30.5 Å². The summed E-state index contributed by atoms with van der Waals surface area (Å²) in [6.07, 6.45) is -0.147. The molecule has 0 saturated carbocycles. The Morgan fingerprint density at radius 2 is 2.06 bits per heavy atom. The average molecular weight is 317 g/mol. The Balaban J connectivity index is 2.47. The van der Waals surface area contributed by atoms with Gasteiger partial charge in [0.1, 0.15) is 6.10 Å². The fourth-order valence-electron chi connectivity index (χ4n) is 1.62. The number of rotatable bonds is 3. The van der Waals surface area contributed by atoms with E-state index in [2.05, 4.69) is 20.9 Å². The van der Waals surface area contributed by atoms with Gasteiger partial charge in [-0.1, -0.05) is 33.6 Å². The van der Waals surface area contributed by atoms with Crippen molar-refractivity contribution >= 4 is 38.4 Å². The average Bonchev–Trinajstić information content (AvgIpc) is 2.37. The number of aliphatic hydroxyl groups excluding tert-OH is 2. The summed E-state index contributed by atoms with van der Waals surface area (Å²) in [4.78, 5) is 4.17. The second-order valence-electron chi connectivity index (χ2n) is 3.74. The Labute approximate surface area is 112 Å². The maximum Gasteiger partial charge on any atom is 0.106 e. The van der Waals surface area contributed by atoms with Gasteiger partial charge in [0, 0.05) is 16.9 Å². The minimum absolute atomic E-state index is 0.312. The molecule has 2 atom stereocenters. The lowest BCUT2D eigenvalue weighted by molar-refractivity contribution is 0.0343. The predicted molar refractivity (Wildman–Crippen MR) is 71.5 cm³/mol. The third kappa shape index (κ3) is 2.60. The van der Waals surface area contributed by atoms with E-state index >= 15 is 0 Å². The number of pyridine rings is 1. The van der Waals surface area contributed by atoms with E-state index in [1.165, 1.54) is 0 Å². The van der Waals surface area contributed by atoms with Crippen LogP contribution in [0.5, 0.6) is 0 Å². The molecule has 0 aliphatic rings. The van der Waals surface area contributed by atoms with Crippen LogP contribution in [0, 0.1) is 0 Å². The van der Waals surface area contributed by atoms with Crippen molar-refractivity contribution in [1.29, 1.82) is 0 Å².